The Labute approximate surface area is 115 Å². The van der Waals surface area contributed by atoms with Gasteiger partial charge < -0.3 is 5.73 Å². The number of pyridine rings is 1. The number of halogens is 1. The van der Waals surface area contributed by atoms with Crippen molar-refractivity contribution in [3.05, 3.63) is 52.9 Å². The van der Waals surface area contributed by atoms with Crippen LogP contribution < -0.4 is 5.73 Å². The summed E-state index contributed by atoms with van der Waals surface area (Å²) in [6.07, 6.45) is 1.77. The number of aromatic nitrogens is 3. The van der Waals surface area contributed by atoms with Crippen LogP contribution in [0, 0.1) is 6.92 Å². The molecule has 5 heteroatoms. The minimum Gasteiger partial charge on any atom is -0.325 e. The lowest BCUT2D eigenvalue weighted by Crippen LogP contribution is -2.06. The van der Waals surface area contributed by atoms with Gasteiger partial charge in [-0.1, -0.05) is 35.9 Å². The Kier molecular flexibility index (Phi) is 2.97. The first-order chi connectivity index (χ1) is 9.19. The summed E-state index contributed by atoms with van der Waals surface area (Å²) in [6.45, 7) is 2.26. The van der Waals surface area contributed by atoms with Crippen LogP contribution in [0.5, 0.6) is 0 Å². The highest BCUT2D eigenvalue weighted by Crippen LogP contribution is 2.23. The van der Waals surface area contributed by atoms with Gasteiger partial charge in [-0.05, 0) is 18.4 Å². The summed E-state index contributed by atoms with van der Waals surface area (Å²) < 4.78 is 1.71. The highest BCUT2D eigenvalue weighted by atomic mass is 35.5. The predicted molar refractivity (Wildman–Crippen MR) is 76.5 cm³/mol. The number of hydrogen-bond donors (Lipinski definition) is 1. The molecule has 4 nitrogen and oxygen atoms in total. The summed E-state index contributed by atoms with van der Waals surface area (Å²) in [6, 6.07) is 10.0. The topological polar surface area (TPSA) is 56.7 Å². The van der Waals surface area contributed by atoms with Gasteiger partial charge in [-0.3, -0.25) is 0 Å². The van der Waals surface area contributed by atoms with Crippen LogP contribution >= 0.6 is 11.6 Å². The Morgan fingerprint density at radius 2 is 2.11 bits per heavy atom. The second-order valence-corrected chi connectivity index (χ2v) is 4.78. The van der Waals surface area contributed by atoms with E-state index >= 15 is 0 Å². The van der Waals surface area contributed by atoms with Crippen molar-refractivity contribution in [2.24, 2.45) is 5.73 Å². The second-order valence-electron chi connectivity index (χ2n) is 4.37. The summed E-state index contributed by atoms with van der Waals surface area (Å²) in [5, 5.41) is 7.14. The zero-order valence-electron chi connectivity index (χ0n) is 10.5. The van der Waals surface area contributed by atoms with Crippen LogP contribution in [0.2, 0.25) is 5.02 Å². The Hall–Kier alpha value is -1.91. The molecule has 0 saturated heterocycles. The van der Waals surface area contributed by atoms with E-state index in [-0.39, 0.29) is 0 Å². The quantitative estimate of drug-likeness (QED) is 0.780. The molecule has 0 amide bonds. The Bertz CT molecular complexity index is 729. The molecule has 96 valence electrons. The van der Waals surface area contributed by atoms with Crippen molar-refractivity contribution in [2.45, 2.75) is 13.5 Å². The van der Waals surface area contributed by atoms with Gasteiger partial charge in [0.25, 0.3) is 0 Å². The van der Waals surface area contributed by atoms with E-state index in [1.807, 2.05) is 37.3 Å². The van der Waals surface area contributed by atoms with E-state index in [2.05, 4.69) is 10.1 Å². The van der Waals surface area contributed by atoms with E-state index in [1.165, 1.54) is 0 Å². The van der Waals surface area contributed by atoms with E-state index in [4.69, 9.17) is 17.3 Å². The molecule has 2 aromatic heterocycles. The van der Waals surface area contributed by atoms with Gasteiger partial charge in [-0.25, -0.2) is 9.67 Å². The fourth-order valence-electron chi connectivity index (χ4n) is 2.06. The van der Waals surface area contributed by atoms with Gasteiger partial charge in [0.2, 0.25) is 0 Å². The SMILES string of the molecule is Cc1nn(-c2nc(CN)cc3ccccc23)cc1Cl. The number of aryl methyl sites for hydroxylation is 1. The summed E-state index contributed by atoms with van der Waals surface area (Å²) in [5.74, 6) is 0.758. The number of rotatable bonds is 2. The average Bonchev–Trinajstić information content (AvgIpc) is 2.77. The maximum absolute atomic E-state index is 6.07. The fraction of sp³-hybridized carbons (Fsp3) is 0.143. The van der Waals surface area contributed by atoms with Crippen molar-refractivity contribution in [3.8, 4) is 5.82 Å². The monoisotopic (exact) mass is 272 g/mol. The van der Waals surface area contributed by atoms with Crippen molar-refractivity contribution in [1.29, 1.82) is 0 Å². The van der Waals surface area contributed by atoms with Crippen LogP contribution in [0.25, 0.3) is 16.6 Å². The first-order valence-corrected chi connectivity index (χ1v) is 6.37. The molecule has 0 aliphatic heterocycles. The summed E-state index contributed by atoms with van der Waals surface area (Å²) in [5.41, 5.74) is 7.32. The number of nitrogens with zero attached hydrogens (tertiary/aromatic N) is 3. The molecule has 0 bridgehead atoms. The smallest absolute Gasteiger partial charge is 0.161 e. The zero-order chi connectivity index (χ0) is 13.4. The molecular weight excluding hydrogens is 260 g/mol. The lowest BCUT2D eigenvalue weighted by atomic mass is 10.1. The molecule has 2 N–H and O–H groups in total. The van der Waals surface area contributed by atoms with Gasteiger partial charge >= 0.3 is 0 Å². The van der Waals surface area contributed by atoms with Crippen molar-refractivity contribution in [1.82, 2.24) is 14.8 Å². The first kappa shape index (κ1) is 12.1. The zero-order valence-corrected chi connectivity index (χ0v) is 11.2. The van der Waals surface area contributed by atoms with Crippen molar-refractivity contribution < 1.29 is 0 Å². The fourth-order valence-corrected chi connectivity index (χ4v) is 2.19. The van der Waals surface area contributed by atoms with Crippen molar-refractivity contribution >= 4 is 22.4 Å². The minimum absolute atomic E-state index is 0.395. The molecule has 0 saturated carbocycles. The van der Waals surface area contributed by atoms with Crippen LogP contribution in [-0.4, -0.2) is 14.8 Å². The van der Waals surface area contributed by atoms with Crippen LogP contribution in [0.3, 0.4) is 0 Å². The molecule has 3 aromatic rings. The molecular formula is C14H13ClN4. The molecule has 0 spiro atoms. The summed E-state index contributed by atoms with van der Waals surface area (Å²) in [7, 11) is 0. The van der Waals surface area contributed by atoms with Gasteiger partial charge in [0.1, 0.15) is 0 Å². The van der Waals surface area contributed by atoms with Gasteiger partial charge in [0, 0.05) is 11.9 Å². The van der Waals surface area contributed by atoms with Crippen LogP contribution in [0.1, 0.15) is 11.4 Å². The van der Waals surface area contributed by atoms with Crippen LogP contribution in [0.15, 0.2) is 36.5 Å². The van der Waals surface area contributed by atoms with E-state index in [0.717, 1.165) is 28.0 Å². The van der Waals surface area contributed by atoms with Crippen molar-refractivity contribution in [3.63, 3.8) is 0 Å². The normalized spacial score (nSPS) is 11.1. The van der Waals surface area contributed by atoms with E-state index in [1.54, 1.807) is 10.9 Å². The molecule has 1 aromatic carbocycles. The van der Waals surface area contributed by atoms with Gasteiger partial charge in [-0.15, -0.1) is 0 Å². The third-order valence-electron chi connectivity index (χ3n) is 3.04. The third-order valence-corrected chi connectivity index (χ3v) is 3.41. The average molecular weight is 273 g/mol. The number of hydrogen-bond acceptors (Lipinski definition) is 3. The number of fused-ring (bicyclic) bond motifs is 1. The molecule has 2 heterocycles. The van der Waals surface area contributed by atoms with E-state index < -0.39 is 0 Å². The highest BCUT2D eigenvalue weighted by molar-refractivity contribution is 6.31. The third kappa shape index (κ3) is 2.09. The van der Waals surface area contributed by atoms with Gasteiger partial charge in [0.05, 0.1) is 22.6 Å². The van der Waals surface area contributed by atoms with Gasteiger partial charge in [-0.2, -0.15) is 5.10 Å². The van der Waals surface area contributed by atoms with Crippen LogP contribution in [0.4, 0.5) is 0 Å². The van der Waals surface area contributed by atoms with Gasteiger partial charge in [0.15, 0.2) is 5.82 Å². The molecule has 0 radical (unpaired) electrons. The number of nitrogens with two attached hydrogens (primary N) is 1. The maximum atomic E-state index is 6.07. The molecule has 3 rings (SSSR count). The van der Waals surface area contributed by atoms with E-state index in [9.17, 15) is 0 Å². The maximum Gasteiger partial charge on any atom is 0.161 e. The predicted octanol–water partition coefficient (Wildman–Crippen LogP) is 2.84. The Balaban J connectivity index is 2.32. The number of benzene rings is 1. The highest BCUT2D eigenvalue weighted by Gasteiger charge is 2.10. The lowest BCUT2D eigenvalue weighted by molar-refractivity contribution is 0.826. The summed E-state index contributed by atoms with van der Waals surface area (Å²) in [4.78, 5) is 4.56. The minimum atomic E-state index is 0.395. The first-order valence-electron chi connectivity index (χ1n) is 6.00. The molecule has 0 unspecified atom stereocenters. The Morgan fingerprint density at radius 3 is 2.79 bits per heavy atom. The second kappa shape index (κ2) is 4.64. The lowest BCUT2D eigenvalue weighted by Gasteiger charge is -2.08. The molecule has 0 fully saturated rings. The molecule has 0 aliphatic carbocycles. The standard InChI is InChI=1S/C14H13ClN4/c1-9-13(15)8-19(18-9)14-12-5-3-2-4-10(12)6-11(7-16)17-14/h2-6,8H,7,16H2,1H3. The largest absolute Gasteiger partial charge is 0.325 e. The summed E-state index contributed by atoms with van der Waals surface area (Å²) >= 11 is 6.07. The molecule has 0 atom stereocenters. The Morgan fingerprint density at radius 1 is 1.32 bits per heavy atom. The van der Waals surface area contributed by atoms with Crippen molar-refractivity contribution in [2.75, 3.05) is 0 Å². The van der Waals surface area contributed by atoms with E-state index in [0.29, 0.717) is 11.6 Å². The molecule has 19 heavy (non-hydrogen) atoms. The molecule has 0 aliphatic rings. The van der Waals surface area contributed by atoms with Crippen LogP contribution in [-0.2, 0) is 6.54 Å².